The Balaban J connectivity index is 1.50. The van der Waals surface area contributed by atoms with Crippen molar-refractivity contribution in [1.82, 2.24) is 24.6 Å². The molecule has 1 aliphatic rings. The first kappa shape index (κ1) is 18.5. The number of ether oxygens (including phenoxy) is 1. The summed E-state index contributed by atoms with van der Waals surface area (Å²) >= 11 is 5.90. The summed E-state index contributed by atoms with van der Waals surface area (Å²) in [5, 5.41) is 5.26. The molecule has 1 aliphatic heterocycles. The minimum absolute atomic E-state index is 0.0627. The van der Waals surface area contributed by atoms with Gasteiger partial charge in [0.1, 0.15) is 17.0 Å². The number of aromatic nitrogens is 4. The molecule has 1 saturated heterocycles. The van der Waals surface area contributed by atoms with Crippen molar-refractivity contribution in [2.24, 2.45) is 0 Å². The summed E-state index contributed by atoms with van der Waals surface area (Å²) in [6, 6.07) is 6.67. The van der Waals surface area contributed by atoms with Crippen LogP contribution in [0.4, 0.5) is 4.79 Å². The lowest BCUT2D eigenvalue weighted by Gasteiger charge is -2.37. The van der Waals surface area contributed by atoms with Gasteiger partial charge in [0.15, 0.2) is 5.65 Å². The van der Waals surface area contributed by atoms with E-state index in [0.717, 1.165) is 0 Å². The van der Waals surface area contributed by atoms with Gasteiger partial charge in [0.2, 0.25) is 0 Å². The normalized spacial score (nSPS) is 14.9. The maximum atomic E-state index is 12.4. The molecule has 0 atom stereocenters. The van der Waals surface area contributed by atoms with Gasteiger partial charge in [-0.15, -0.1) is 0 Å². The van der Waals surface area contributed by atoms with E-state index in [2.05, 4.69) is 15.1 Å². The molecule has 1 N–H and O–H groups in total. The molecular weight excluding hydrogens is 382 g/mol. The summed E-state index contributed by atoms with van der Waals surface area (Å²) in [4.78, 5) is 33.7. The van der Waals surface area contributed by atoms with Gasteiger partial charge in [0.05, 0.1) is 17.7 Å². The fourth-order valence-electron chi connectivity index (χ4n) is 3.12. The van der Waals surface area contributed by atoms with Crippen molar-refractivity contribution in [3.63, 3.8) is 0 Å². The van der Waals surface area contributed by atoms with Gasteiger partial charge in [0.25, 0.3) is 5.56 Å². The first-order valence-electron chi connectivity index (χ1n) is 8.93. The van der Waals surface area contributed by atoms with Gasteiger partial charge in [-0.2, -0.15) is 5.10 Å². The molecule has 3 aromatic rings. The number of H-pyrrole nitrogens is 1. The summed E-state index contributed by atoms with van der Waals surface area (Å²) in [5.74, 6) is 0.880. The van der Waals surface area contributed by atoms with Crippen LogP contribution in [0.1, 0.15) is 32.5 Å². The molecule has 1 amide bonds. The Morgan fingerprint density at radius 2 is 2.07 bits per heavy atom. The minimum atomic E-state index is -0.457. The minimum Gasteiger partial charge on any atom is -0.410 e. The van der Waals surface area contributed by atoms with Crippen molar-refractivity contribution in [3.8, 4) is 5.75 Å². The molecule has 8 nitrogen and oxygen atoms in total. The lowest BCUT2D eigenvalue weighted by molar-refractivity contribution is 0.109. The third-order valence-electron chi connectivity index (χ3n) is 4.62. The molecule has 28 heavy (non-hydrogen) atoms. The lowest BCUT2D eigenvalue weighted by atomic mass is 10.00. The van der Waals surface area contributed by atoms with Crippen molar-refractivity contribution >= 4 is 28.7 Å². The number of benzene rings is 1. The number of carbonyl (C=O) groups excluding carboxylic acids is 1. The Morgan fingerprint density at radius 1 is 1.32 bits per heavy atom. The van der Waals surface area contributed by atoms with E-state index in [-0.39, 0.29) is 17.0 Å². The number of nitrogens with zero attached hydrogens (tertiary/aromatic N) is 4. The lowest BCUT2D eigenvalue weighted by Crippen LogP contribution is -2.50. The highest BCUT2D eigenvalue weighted by Gasteiger charge is 2.35. The van der Waals surface area contributed by atoms with E-state index in [9.17, 15) is 9.59 Å². The molecule has 0 radical (unpaired) electrons. The van der Waals surface area contributed by atoms with E-state index in [1.807, 2.05) is 20.8 Å². The smallest absolute Gasteiger partial charge is 0.410 e. The first-order chi connectivity index (χ1) is 13.2. The molecule has 3 heterocycles. The highest BCUT2D eigenvalue weighted by molar-refractivity contribution is 6.30. The summed E-state index contributed by atoms with van der Waals surface area (Å²) in [6.07, 6.45) is 1.08. The number of amides is 1. The van der Waals surface area contributed by atoms with Crippen LogP contribution in [0.3, 0.4) is 0 Å². The van der Waals surface area contributed by atoms with Crippen molar-refractivity contribution in [1.29, 1.82) is 0 Å². The molecule has 0 spiro atoms. The number of likely N-dealkylation sites (tertiary alicyclic amines) is 1. The largest absolute Gasteiger partial charge is 0.415 e. The molecule has 0 unspecified atom stereocenters. The molecule has 1 aromatic carbocycles. The molecule has 0 saturated carbocycles. The van der Waals surface area contributed by atoms with Crippen LogP contribution >= 0.6 is 11.6 Å². The van der Waals surface area contributed by atoms with Crippen LogP contribution in [-0.2, 0) is 5.54 Å². The predicted octanol–water partition coefficient (Wildman–Crippen LogP) is 3.13. The monoisotopic (exact) mass is 401 g/mol. The molecule has 2 aromatic heterocycles. The molecule has 4 rings (SSSR count). The second-order valence-corrected chi connectivity index (χ2v) is 8.28. The van der Waals surface area contributed by atoms with Crippen LogP contribution < -0.4 is 10.3 Å². The maximum Gasteiger partial charge on any atom is 0.415 e. The fraction of sp³-hybridized carbons (Fsp3) is 0.368. The molecule has 9 heteroatoms. The van der Waals surface area contributed by atoms with Crippen molar-refractivity contribution in [3.05, 3.63) is 51.7 Å². The van der Waals surface area contributed by atoms with E-state index < -0.39 is 6.09 Å². The average molecular weight is 402 g/mol. The quantitative estimate of drug-likeness (QED) is 0.712. The van der Waals surface area contributed by atoms with Crippen LogP contribution in [0.25, 0.3) is 11.0 Å². The number of hydrogen-bond acceptors (Lipinski definition) is 5. The van der Waals surface area contributed by atoms with Crippen molar-refractivity contribution in [2.45, 2.75) is 32.2 Å². The van der Waals surface area contributed by atoms with Crippen LogP contribution in [0, 0.1) is 0 Å². The fourth-order valence-corrected chi connectivity index (χ4v) is 3.30. The van der Waals surface area contributed by atoms with E-state index >= 15 is 0 Å². The zero-order chi connectivity index (χ0) is 20.1. The van der Waals surface area contributed by atoms with Gasteiger partial charge >= 0.3 is 6.09 Å². The topological polar surface area (TPSA) is 93.1 Å². The SMILES string of the molecule is CC(C)(C)n1ncc2c(=O)[nH]c(C3CN(C(=O)Oc4cccc(Cl)c4)C3)nc21. The highest BCUT2D eigenvalue weighted by atomic mass is 35.5. The Bertz CT molecular complexity index is 1110. The Labute approximate surface area is 166 Å². The number of nitrogens with one attached hydrogen (secondary N) is 1. The predicted molar refractivity (Wildman–Crippen MR) is 105 cm³/mol. The van der Waals surface area contributed by atoms with Crippen molar-refractivity contribution in [2.75, 3.05) is 13.1 Å². The highest BCUT2D eigenvalue weighted by Crippen LogP contribution is 2.27. The van der Waals surface area contributed by atoms with Crippen LogP contribution in [0.15, 0.2) is 35.3 Å². The van der Waals surface area contributed by atoms with Crippen LogP contribution in [0.5, 0.6) is 5.75 Å². The summed E-state index contributed by atoms with van der Waals surface area (Å²) < 4.78 is 7.07. The van der Waals surface area contributed by atoms with Crippen LogP contribution in [-0.4, -0.2) is 43.8 Å². The zero-order valence-electron chi connectivity index (χ0n) is 15.8. The van der Waals surface area contributed by atoms with Gasteiger partial charge in [0, 0.05) is 18.1 Å². The Kier molecular flexibility index (Phi) is 4.38. The van der Waals surface area contributed by atoms with Gasteiger partial charge in [-0.05, 0) is 39.0 Å². The average Bonchev–Trinajstić information content (AvgIpc) is 2.98. The van der Waals surface area contributed by atoms with Crippen LogP contribution in [0.2, 0.25) is 5.02 Å². The number of hydrogen-bond donors (Lipinski definition) is 1. The molecule has 1 fully saturated rings. The summed E-state index contributed by atoms with van der Waals surface area (Å²) in [7, 11) is 0. The second-order valence-electron chi connectivity index (χ2n) is 7.84. The number of fused-ring (bicyclic) bond motifs is 1. The van der Waals surface area contributed by atoms with E-state index in [1.165, 1.54) is 6.20 Å². The van der Waals surface area contributed by atoms with Crippen molar-refractivity contribution < 1.29 is 9.53 Å². The standard InChI is InChI=1S/C19H20ClN5O3/c1-19(2,3)25-16-14(8-21-25)17(26)23-15(22-16)11-9-24(10-11)18(27)28-13-6-4-5-12(20)7-13/h4-8,11H,9-10H2,1-3H3,(H,22,23,26). The van der Waals surface area contributed by atoms with Gasteiger partial charge in [-0.1, -0.05) is 17.7 Å². The first-order valence-corrected chi connectivity index (χ1v) is 9.31. The third-order valence-corrected chi connectivity index (χ3v) is 4.85. The van der Waals surface area contributed by atoms with Gasteiger partial charge < -0.3 is 14.6 Å². The number of halogens is 1. The summed E-state index contributed by atoms with van der Waals surface area (Å²) in [5.41, 5.74) is 0.0216. The third kappa shape index (κ3) is 3.35. The van der Waals surface area contributed by atoms with E-state index in [0.29, 0.717) is 40.7 Å². The zero-order valence-corrected chi connectivity index (χ0v) is 16.5. The maximum absolute atomic E-state index is 12.4. The molecular formula is C19H20ClN5O3. The van der Waals surface area contributed by atoms with E-state index in [1.54, 1.807) is 33.8 Å². The Hall–Kier alpha value is -2.87. The molecule has 0 bridgehead atoms. The molecule has 146 valence electrons. The summed E-state index contributed by atoms with van der Waals surface area (Å²) in [6.45, 7) is 6.83. The number of carbonyl (C=O) groups is 1. The Morgan fingerprint density at radius 3 is 2.75 bits per heavy atom. The second kappa shape index (κ2) is 6.63. The van der Waals surface area contributed by atoms with E-state index in [4.69, 9.17) is 16.3 Å². The van der Waals surface area contributed by atoms with Gasteiger partial charge in [-0.3, -0.25) is 4.79 Å². The van der Waals surface area contributed by atoms with Gasteiger partial charge in [-0.25, -0.2) is 14.5 Å². The molecule has 0 aliphatic carbocycles. The number of rotatable bonds is 2. The number of aromatic amines is 1.